The van der Waals surface area contributed by atoms with Gasteiger partial charge in [-0.3, -0.25) is 0 Å². The Balaban J connectivity index is 2.10. The largest absolute Gasteiger partial charge is 0.483 e. The van der Waals surface area contributed by atoms with Crippen molar-refractivity contribution in [2.45, 2.75) is 32.8 Å². The summed E-state index contributed by atoms with van der Waals surface area (Å²) >= 11 is 0. The highest BCUT2D eigenvalue weighted by atomic mass is 16.5. The van der Waals surface area contributed by atoms with Gasteiger partial charge in [-0.25, -0.2) is 9.78 Å². The quantitative estimate of drug-likeness (QED) is 0.927. The summed E-state index contributed by atoms with van der Waals surface area (Å²) in [5.41, 5.74) is -0.000348. The number of nitrogens with zero attached hydrogens (tertiary/aromatic N) is 1. The summed E-state index contributed by atoms with van der Waals surface area (Å²) in [5.74, 6) is 0.469. The first kappa shape index (κ1) is 14.1. The number of carboxylic acids is 1. The van der Waals surface area contributed by atoms with Crippen LogP contribution in [-0.4, -0.2) is 16.1 Å². The Labute approximate surface area is 117 Å². The Kier molecular flexibility index (Phi) is 3.79. The lowest BCUT2D eigenvalue weighted by Gasteiger charge is -2.13. The summed E-state index contributed by atoms with van der Waals surface area (Å²) in [4.78, 5) is 15.2. The van der Waals surface area contributed by atoms with Crippen molar-refractivity contribution >= 4 is 5.97 Å². The van der Waals surface area contributed by atoms with Crippen molar-refractivity contribution in [1.82, 2.24) is 4.98 Å². The topological polar surface area (TPSA) is 72.6 Å². The molecule has 1 heterocycles. The van der Waals surface area contributed by atoms with Crippen molar-refractivity contribution < 1.29 is 19.1 Å². The number of hydrogen-bond acceptors (Lipinski definition) is 4. The molecule has 0 aliphatic carbocycles. The first-order chi connectivity index (χ1) is 9.38. The van der Waals surface area contributed by atoms with Gasteiger partial charge >= 0.3 is 5.97 Å². The molecule has 1 aromatic carbocycles. The first-order valence-corrected chi connectivity index (χ1v) is 6.28. The molecule has 0 bridgehead atoms. The zero-order valence-corrected chi connectivity index (χ0v) is 11.7. The standard InChI is InChI=1S/C15H17NO4/c1-15(2,3)12-8-16-13(20-12)9-19-11-7-5-4-6-10(11)14(17)18/h4-8H,9H2,1-3H3,(H,17,18). The summed E-state index contributed by atoms with van der Waals surface area (Å²) in [6.07, 6.45) is 1.67. The molecule has 0 unspecified atom stereocenters. The molecule has 1 N–H and O–H groups in total. The molecule has 0 amide bonds. The zero-order valence-electron chi connectivity index (χ0n) is 11.7. The average Bonchev–Trinajstić information content (AvgIpc) is 2.85. The van der Waals surface area contributed by atoms with Crippen LogP contribution in [0, 0.1) is 0 Å². The second-order valence-electron chi connectivity index (χ2n) is 5.46. The smallest absolute Gasteiger partial charge is 0.339 e. The fraction of sp³-hybridized carbons (Fsp3) is 0.333. The molecule has 20 heavy (non-hydrogen) atoms. The van der Waals surface area contributed by atoms with E-state index in [9.17, 15) is 4.79 Å². The molecule has 5 nitrogen and oxygen atoms in total. The number of oxazole rings is 1. The number of benzene rings is 1. The average molecular weight is 275 g/mol. The number of ether oxygens (including phenoxy) is 1. The zero-order chi connectivity index (χ0) is 14.8. The van der Waals surface area contributed by atoms with Crippen molar-refractivity contribution in [3.05, 3.63) is 47.7 Å². The summed E-state index contributed by atoms with van der Waals surface area (Å²) < 4.78 is 11.1. The van der Waals surface area contributed by atoms with E-state index in [-0.39, 0.29) is 17.6 Å². The van der Waals surface area contributed by atoms with E-state index in [1.807, 2.05) is 20.8 Å². The highest BCUT2D eigenvalue weighted by Crippen LogP contribution is 2.24. The van der Waals surface area contributed by atoms with Crippen LogP contribution in [0.5, 0.6) is 5.75 Å². The maximum absolute atomic E-state index is 11.0. The first-order valence-electron chi connectivity index (χ1n) is 6.28. The maximum atomic E-state index is 11.0. The van der Waals surface area contributed by atoms with Crippen LogP contribution in [0.4, 0.5) is 0 Å². The van der Waals surface area contributed by atoms with Gasteiger partial charge in [-0.15, -0.1) is 0 Å². The van der Waals surface area contributed by atoms with E-state index >= 15 is 0 Å². The minimum atomic E-state index is -1.02. The van der Waals surface area contributed by atoms with Gasteiger partial charge in [0.1, 0.15) is 17.1 Å². The van der Waals surface area contributed by atoms with E-state index < -0.39 is 5.97 Å². The Morgan fingerprint density at radius 2 is 2.05 bits per heavy atom. The molecule has 106 valence electrons. The van der Waals surface area contributed by atoms with E-state index in [0.29, 0.717) is 11.6 Å². The van der Waals surface area contributed by atoms with Crippen LogP contribution in [0.15, 0.2) is 34.9 Å². The van der Waals surface area contributed by atoms with Crippen molar-refractivity contribution in [2.24, 2.45) is 0 Å². The van der Waals surface area contributed by atoms with Crippen molar-refractivity contribution in [2.75, 3.05) is 0 Å². The number of aromatic carboxylic acids is 1. The predicted molar refractivity (Wildman–Crippen MR) is 72.9 cm³/mol. The Hall–Kier alpha value is -2.30. The monoisotopic (exact) mass is 275 g/mol. The van der Waals surface area contributed by atoms with Crippen molar-refractivity contribution in [1.29, 1.82) is 0 Å². The summed E-state index contributed by atoms with van der Waals surface area (Å²) in [6.45, 7) is 6.17. The third-order valence-corrected chi connectivity index (χ3v) is 2.76. The van der Waals surface area contributed by atoms with Gasteiger partial charge in [0.05, 0.1) is 6.20 Å². The molecule has 0 saturated heterocycles. The third kappa shape index (κ3) is 3.17. The van der Waals surface area contributed by atoms with Gasteiger partial charge in [-0.05, 0) is 12.1 Å². The molecule has 0 spiro atoms. The highest BCUT2D eigenvalue weighted by Gasteiger charge is 2.19. The van der Waals surface area contributed by atoms with Crippen LogP contribution in [0.25, 0.3) is 0 Å². The van der Waals surface area contributed by atoms with Crippen LogP contribution in [0.3, 0.4) is 0 Å². The predicted octanol–water partition coefficient (Wildman–Crippen LogP) is 3.25. The lowest BCUT2D eigenvalue weighted by Crippen LogP contribution is -2.09. The van der Waals surface area contributed by atoms with E-state index in [1.165, 1.54) is 6.07 Å². The van der Waals surface area contributed by atoms with Gasteiger partial charge in [0.2, 0.25) is 5.89 Å². The second kappa shape index (κ2) is 5.36. The highest BCUT2D eigenvalue weighted by molar-refractivity contribution is 5.90. The molecule has 0 fully saturated rings. The molecule has 1 aromatic heterocycles. The van der Waals surface area contributed by atoms with E-state index in [1.54, 1.807) is 24.4 Å². The third-order valence-electron chi connectivity index (χ3n) is 2.76. The van der Waals surface area contributed by atoms with Gasteiger partial charge < -0.3 is 14.3 Å². The molecular weight excluding hydrogens is 258 g/mol. The van der Waals surface area contributed by atoms with Gasteiger partial charge in [-0.2, -0.15) is 0 Å². The molecule has 0 radical (unpaired) electrons. The Morgan fingerprint density at radius 3 is 2.65 bits per heavy atom. The SMILES string of the molecule is CC(C)(C)c1cnc(COc2ccccc2C(=O)O)o1. The number of rotatable bonds is 4. The summed E-state index contributed by atoms with van der Waals surface area (Å²) in [7, 11) is 0. The number of hydrogen-bond donors (Lipinski definition) is 1. The second-order valence-corrected chi connectivity index (χ2v) is 5.46. The molecular formula is C15H17NO4. The van der Waals surface area contributed by atoms with Crippen LogP contribution in [-0.2, 0) is 12.0 Å². The Bertz CT molecular complexity index is 610. The number of aromatic nitrogens is 1. The lowest BCUT2D eigenvalue weighted by molar-refractivity contribution is 0.0691. The van der Waals surface area contributed by atoms with Crippen molar-refractivity contribution in [3.63, 3.8) is 0 Å². The molecule has 0 atom stereocenters. The summed E-state index contributed by atoms with van der Waals surface area (Å²) in [6, 6.07) is 6.47. The van der Waals surface area contributed by atoms with Gasteiger partial charge in [0.15, 0.2) is 6.61 Å². The molecule has 2 aromatic rings. The Morgan fingerprint density at radius 1 is 1.35 bits per heavy atom. The normalized spacial score (nSPS) is 11.3. The van der Waals surface area contributed by atoms with Crippen LogP contribution in [0.2, 0.25) is 0 Å². The molecule has 0 aliphatic rings. The van der Waals surface area contributed by atoms with E-state index in [2.05, 4.69) is 4.98 Å². The number of para-hydroxylation sites is 1. The van der Waals surface area contributed by atoms with Gasteiger partial charge in [0.25, 0.3) is 0 Å². The van der Waals surface area contributed by atoms with Crippen LogP contribution >= 0.6 is 0 Å². The number of carbonyl (C=O) groups is 1. The van der Waals surface area contributed by atoms with E-state index in [0.717, 1.165) is 5.76 Å². The molecule has 0 aliphatic heterocycles. The fourth-order valence-corrected chi connectivity index (χ4v) is 1.63. The van der Waals surface area contributed by atoms with Crippen molar-refractivity contribution in [3.8, 4) is 5.75 Å². The number of carboxylic acid groups (broad SMARTS) is 1. The van der Waals surface area contributed by atoms with Crippen LogP contribution < -0.4 is 4.74 Å². The van der Waals surface area contributed by atoms with E-state index in [4.69, 9.17) is 14.3 Å². The molecule has 0 saturated carbocycles. The molecule has 2 rings (SSSR count). The molecule has 5 heteroatoms. The van der Waals surface area contributed by atoms with Gasteiger partial charge in [0, 0.05) is 5.41 Å². The lowest BCUT2D eigenvalue weighted by atomic mass is 9.94. The minimum Gasteiger partial charge on any atom is -0.483 e. The van der Waals surface area contributed by atoms with Crippen LogP contribution in [0.1, 0.15) is 42.8 Å². The fourth-order valence-electron chi connectivity index (χ4n) is 1.63. The summed E-state index contributed by atoms with van der Waals surface area (Å²) in [5, 5.41) is 9.05. The minimum absolute atomic E-state index is 0.0976. The van der Waals surface area contributed by atoms with Gasteiger partial charge in [-0.1, -0.05) is 32.9 Å². The maximum Gasteiger partial charge on any atom is 0.339 e.